The third-order valence-corrected chi connectivity index (χ3v) is 2.53. The monoisotopic (exact) mass is 320 g/mol. The Balaban J connectivity index is 2.58. The topological polar surface area (TPSA) is 18.5 Å². The van der Waals surface area contributed by atoms with E-state index in [0.29, 0.717) is 0 Å². The van der Waals surface area contributed by atoms with Gasteiger partial charge in [-0.3, -0.25) is 0 Å². The molecule has 0 saturated heterocycles. The van der Waals surface area contributed by atoms with Crippen molar-refractivity contribution in [3.05, 3.63) is 35.9 Å². The summed E-state index contributed by atoms with van der Waals surface area (Å²) in [5.41, 5.74) is 0.884. The summed E-state index contributed by atoms with van der Waals surface area (Å²) in [6.45, 7) is 5.92. The van der Waals surface area contributed by atoms with E-state index in [1.165, 1.54) is 0 Å². The van der Waals surface area contributed by atoms with Gasteiger partial charge in [0.15, 0.2) is 0 Å². The van der Waals surface area contributed by atoms with E-state index >= 15 is 0 Å². The van der Waals surface area contributed by atoms with Crippen LogP contribution < -0.4 is 0 Å². The molecule has 0 spiro atoms. The molecule has 0 aliphatic carbocycles. The van der Waals surface area contributed by atoms with E-state index in [1.807, 2.05) is 39.0 Å². The van der Waals surface area contributed by atoms with Crippen LogP contribution in [0, 0.1) is 0 Å². The minimum Gasteiger partial charge on any atom is -0.230 e. The van der Waals surface area contributed by atoms with Gasteiger partial charge >= 0.3 is 0 Å². The zero-order valence-corrected chi connectivity index (χ0v) is 11.5. The van der Waals surface area contributed by atoms with Gasteiger partial charge < -0.3 is 0 Å². The van der Waals surface area contributed by atoms with Crippen LogP contribution >= 0.6 is 22.6 Å². The minimum absolute atomic E-state index is 0.00558. The summed E-state index contributed by atoms with van der Waals surface area (Å²) < 4.78 is 0.873. The fraction of sp³-hybridized carbons (Fsp3) is 0.500. The third-order valence-electron chi connectivity index (χ3n) is 1.73. The van der Waals surface area contributed by atoms with Gasteiger partial charge in [-0.05, 0) is 26.3 Å². The van der Waals surface area contributed by atoms with Crippen molar-refractivity contribution in [3.63, 3.8) is 0 Å². The molecular formula is C12H17IO2. The van der Waals surface area contributed by atoms with Crippen molar-refractivity contribution in [1.82, 2.24) is 0 Å². The van der Waals surface area contributed by atoms with E-state index in [1.54, 1.807) is 0 Å². The second-order valence-corrected chi connectivity index (χ2v) is 5.23. The predicted octanol–water partition coefficient (Wildman–Crippen LogP) is 3.91. The number of rotatable bonds is 4. The van der Waals surface area contributed by atoms with Gasteiger partial charge in [-0.25, -0.2) is 9.78 Å². The van der Waals surface area contributed by atoms with Gasteiger partial charge in [-0.1, -0.05) is 52.9 Å². The first-order valence-electron chi connectivity index (χ1n) is 4.98. The second-order valence-electron chi connectivity index (χ2n) is 4.35. The van der Waals surface area contributed by atoms with Crippen molar-refractivity contribution >= 4 is 22.6 Å². The van der Waals surface area contributed by atoms with Crippen LogP contribution in [0.15, 0.2) is 30.3 Å². The molecule has 0 saturated carbocycles. The van der Waals surface area contributed by atoms with Gasteiger partial charge in [0.1, 0.15) is 6.10 Å². The van der Waals surface area contributed by atoms with Crippen molar-refractivity contribution in [3.8, 4) is 0 Å². The van der Waals surface area contributed by atoms with Gasteiger partial charge in [-0.2, -0.15) is 0 Å². The molecule has 0 aliphatic heterocycles. The third kappa shape index (κ3) is 4.95. The molecule has 0 aromatic heterocycles. The van der Waals surface area contributed by atoms with Crippen LogP contribution in [0.5, 0.6) is 0 Å². The lowest BCUT2D eigenvalue weighted by molar-refractivity contribution is -0.371. The molecule has 1 aromatic carbocycles. The molecule has 1 rings (SSSR count). The molecular weight excluding hydrogens is 303 g/mol. The van der Waals surface area contributed by atoms with E-state index in [4.69, 9.17) is 9.78 Å². The Morgan fingerprint density at radius 2 is 1.80 bits per heavy atom. The van der Waals surface area contributed by atoms with Crippen LogP contribution in [-0.4, -0.2) is 10.0 Å². The average molecular weight is 320 g/mol. The van der Waals surface area contributed by atoms with Gasteiger partial charge in [-0.15, -0.1) is 0 Å². The molecule has 0 radical (unpaired) electrons. The number of benzene rings is 1. The Morgan fingerprint density at radius 3 is 2.27 bits per heavy atom. The van der Waals surface area contributed by atoms with Crippen LogP contribution in [0.4, 0.5) is 0 Å². The maximum atomic E-state index is 5.43. The largest absolute Gasteiger partial charge is 0.230 e. The van der Waals surface area contributed by atoms with Crippen molar-refractivity contribution in [2.45, 2.75) is 32.5 Å². The number of hydrogen-bond donors (Lipinski definition) is 0. The molecule has 84 valence electrons. The molecule has 0 bridgehead atoms. The van der Waals surface area contributed by atoms with Crippen LogP contribution in [0.3, 0.4) is 0 Å². The van der Waals surface area contributed by atoms with Crippen LogP contribution in [0.1, 0.15) is 32.4 Å². The van der Waals surface area contributed by atoms with Gasteiger partial charge in [0.2, 0.25) is 0 Å². The summed E-state index contributed by atoms with van der Waals surface area (Å²) in [7, 11) is 0. The van der Waals surface area contributed by atoms with Crippen molar-refractivity contribution in [2.75, 3.05) is 4.43 Å². The molecule has 0 fully saturated rings. The summed E-state index contributed by atoms with van der Waals surface area (Å²) in [6.07, 6.45) is 0.00558. The highest BCUT2D eigenvalue weighted by Crippen LogP contribution is 2.22. The Morgan fingerprint density at radius 1 is 1.20 bits per heavy atom. The Bertz CT molecular complexity index is 279. The SMILES string of the molecule is CC(C)(C)OOC(CI)c1ccccc1. The zero-order chi connectivity index (χ0) is 11.3. The quantitative estimate of drug-likeness (QED) is 0.362. The molecule has 15 heavy (non-hydrogen) atoms. The highest BCUT2D eigenvalue weighted by Gasteiger charge is 2.17. The summed E-state index contributed by atoms with van der Waals surface area (Å²) in [4.78, 5) is 10.8. The number of halogens is 1. The fourth-order valence-electron chi connectivity index (χ4n) is 1.04. The highest BCUT2D eigenvalue weighted by molar-refractivity contribution is 14.1. The smallest absolute Gasteiger partial charge is 0.127 e. The van der Waals surface area contributed by atoms with Crippen LogP contribution in [0.25, 0.3) is 0 Å². The van der Waals surface area contributed by atoms with Gasteiger partial charge in [0.05, 0.1) is 5.60 Å². The lowest BCUT2D eigenvalue weighted by Gasteiger charge is -2.22. The van der Waals surface area contributed by atoms with Crippen molar-refractivity contribution in [2.24, 2.45) is 0 Å². The Hall–Kier alpha value is -0.130. The lowest BCUT2D eigenvalue weighted by atomic mass is 10.1. The first-order chi connectivity index (χ1) is 7.03. The molecule has 1 atom stereocenters. The summed E-state index contributed by atoms with van der Waals surface area (Å²) in [5, 5.41) is 0. The molecule has 0 amide bonds. The van der Waals surface area contributed by atoms with E-state index < -0.39 is 0 Å². The number of alkyl halides is 1. The molecule has 2 nitrogen and oxygen atoms in total. The van der Waals surface area contributed by atoms with E-state index in [9.17, 15) is 0 Å². The molecule has 0 heterocycles. The van der Waals surface area contributed by atoms with Crippen LogP contribution in [0.2, 0.25) is 0 Å². The molecule has 1 unspecified atom stereocenters. The van der Waals surface area contributed by atoms with Crippen molar-refractivity contribution in [1.29, 1.82) is 0 Å². The molecule has 3 heteroatoms. The maximum absolute atomic E-state index is 5.43. The van der Waals surface area contributed by atoms with Gasteiger partial charge in [0, 0.05) is 4.43 Å². The molecule has 0 aliphatic rings. The summed E-state index contributed by atoms with van der Waals surface area (Å²) in [5.74, 6) is 0. The Kier molecular flexibility index (Phi) is 5.02. The first kappa shape index (κ1) is 12.9. The normalized spacial score (nSPS) is 13.9. The first-order valence-corrected chi connectivity index (χ1v) is 6.51. The van der Waals surface area contributed by atoms with E-state index in [-0.39, 0.29) is 11.7 Å². The highest BCUT2D eigenvalue weighted by atomic mass is 127. The maximum Gasteiger partial charge on any atom is 0.127 e. The lowest BCUT2D eigenvalue weighted by Crippen LogP contribution is -2.21. The van der Waals surface area contributed by atoms with Crippen LogP contribution in [-0.2, 0) is 9.78 Å². The van der Waals surface area contributed by atoms with Gasteiger partial charge in [0.25, 0.3) is 0 Å². The fourth-order valence-corrected chi connectivity index (χ4v) is 1.70. The average Bonchev–Trinajstić information content (AvgIpc) is 2.19. The van der Waals surface area contributed by atoms with E-state index in [0.717, 1.165) is 9.99 Å². The number of hydrogen-bond acceptors (Lipinski definition) is 2. The Labute approximate surface area is 105 Å². The molecule has 1 aromatic rings. The predicted molar refractivity (Wildman–Crippen MR) is 70.0 cm³/mol. The summed E-state index contributed by atoms with van der Waals surface area (Å²) in [6, 6.07) is 10.1. The second kappa shape index (κ2) is 5.82. The van der Waals surface area contributed by atoms with Crippen molar-refractivity contribution < 1.29 is 9.78 Å². The minimum atomic E-state index is -0.265. The summed E-state index contributed by atoms with van der Waals surface area (Å²) >= 11 is 2.30. The molecule has 0 N–H and O–H groups in total. The zero-order valence-electron chi connectivity index (χ0n) is 9.37. The standard InChI is InChI=1S/C12H17IO2/c1-12(2,3)15-14-11(9-13)10-7-5-4-6-8-10/h4-8,11H,9H2,1-3H3. The van der Waals surface area contributed by atoms with E-state index in [2.05, 4.69) is 34.7 Å².